The molecule has 1 aromatic carbocycles. The van der Waals surface area contributed by atoms with E-state index in [1.165, 1.54) is 12.1 Å². The quantitative estimate of drug-likeness (QED) is 0.770. The molecule has 96 valence electrons. The lowest BCUT2D eigenvalue weighted by atomic mass is 9.97. The van der Waals surface area contributed by atoms with E-state index >= 15 is 0 Å². The Morgan fingerprint density at radius 1 is 1.26 bits per heavy atom. The summed E-state index contributed by atoms with van der Waals surface area (Å²) in [5.74, 6) is -0.263. The van der Waals surface area contributed by atoms with E-state index in [1.54, 1.807) is 23.6 Å². The standard InChI is InChI=1S/C15H13FN2S/c1-9-2-3-11(16)7-12(9)15(17)10-6-14-13(18-8-10)4-5-19-14/h2-8,15H,17H2,1H3. The first-order chi connectivity index (χ1) is 9.15. The molecule has 0 aliphatic carbocycles. The zero-order valence-electron chi connectivity index (χ0n) is 10.4. The third kappa shape index (κ3) is 2.25. The molecule has 4 heteroatoms. The lowest BCUT2D eigenvalue weighted by Gasteiger charge is -2.15. The molecule has 0 radical (unpaired) electrons. The minimum Gasteiger partial charge on any atom is -0.320 e. The zero-order valence-corrected chi connectivity index (χ0v) is 11.2. The average molecular weight is 272 g/mol. The van der Waals surface area contributed by atoms with Crippen molar-refractivity contribution in [1.29, 1.82) is 0 Å². The fourth-order valence-electron chi connectivity index (χ4n) is 2.16. The van der Waals surface area contributed by atoms with Crippen LogP contribution in [0.25, 0.3) is 10.2 Å². The second-order valence-electron chi connectivity index (χ2n) is 4.55. The second-order valence-corrected chi connectivity index (χ2v) is 5.50. The molecule has 19 heavy (non-hydrogen) atoms. The van der Waals surface area contributed by atoms with Gasteiger partial charge in [0.05, 0.1) is 16.3 Å². The Kier molecular flexibility index (Phi) is 3.05. The molecule has 1 atom stereocenters. The molecule has 0 spiro atoms. The van der Waals surface area contributed by atoms with Gasteiger partial charge in [0, 0.05) is 6.20 Å². The molecule has 2 nitrogen and oxygen atoms in total. The van der Waals surface area contributed by atoms with Crippen LogP contribution in [-0.2, 0) is 0 Å². The van der Waals surface area contributed by atoms with Crippen LogP contribution in [0.4, 0.5) is 4.39 Å². The number of aromatic nitrogens is 1. The average Bonchev–Trinajstić information content (AvgIpc) is 2.88. The Balaban J connectivity index is 2.07. The molecule has 0 fully saturated rings. The number of fused-ring (bicyclic) bond motifs is 1. The van der Waals surface area contributed by atoms with E-state index in [1.807, 2.05) is 24.4 Å². The molecule has 3 rings (SSSR count). The van der Waals surface area contributed by atoms with Crippen molar-refractivity contribution < 1.29 is 4.39 Å². The highest BCUT2D eigenvalue weighted by Gasteiger charge is 2.13. The van der Waals surface area contributed by atoms with Crippen LogP contribution in [0, 0.1) is 12.7 Å². The summed E-state index contributed by atoms with van der Waals surface area (Å²) >= 11 is 1.63. The van der Waals surface area contributed by atoms with Crippen LogP contribution in [0.3, 0.4) is 0 Å². The van der Waals surface area contributed by atoms with E-state index in [0.717, 1.165) is 26.9 Å². The lowest BCUT2D eigenvalue weighted by molar-refractivity contribution is 0.622. The van der Waals surface area contributed by atoms with E-state index in [4.69, 9.17) is 5.73 Å². The Hall–Kier alpha value is -1.78. The summed E-state index contributed by atoms with van der Waals surface area (Å²) < 4.78 is 14.5. The first kappa shape index (κ1) is 12.3. The maximum absolute atomic E-state index is 13.4. The lowest BCUT2D eigenvalue weighted by Crippen LogP contribution is -2.13. The molecule has 0 aliphatic heterocycles. The van der Waals surface area contributed by atoms with Crippen LogP contribution in [-0.4, -0.2) is 4.98 Å². The van der Waals surface area contributed by atoms with Crippen LogP contribution in [0.5, 0.6) is 0 Å². The fourth-order valence-corrected chi connectivity index (χ4v) is 2.95. The largest absolute Gasteiger partial charge is 0.320 e. The summed E-state index contributed by atoms with van der Waals surface area (Å²) in [5, 5.41) is 2.00. The third-order valence-electron chi connectivity index (χ3n) is 3.26. The van der Waals surface area contributed by atoms with Crippen molar-refractivity contribution in [1.82, 2.24) is 4.98 Å². The number of hydrogen-bond donors (Lipinski definition) is 1. The molecular weight excluding hydrogens is 259 g/mol. The smallest absolute Gasteiger partial charge is 0.123 e. The molecule has 0 saturated heterocycles. The number of nitrogens with two attached hydrogens (primary N) is 1. The van der Waals surface area contributed by atoms with Crippen LogP contribution in [0.2, 0.25) is 0 Å². The number of nitrogens with zero attached hydrogens (tertiary/aromatic N) is 1. The van der Waals surface area contributed by atoms with Gasteiger partial charge in [0.2, 0.25) is 0 Å². The molecule has 2 heterocycles. The maximum Gasteiger partial charge on any atom is 0.123 e. The van der Waals surface area contributed by atoms with E-state index in [2.05, 4.69) is 4.98 Å². The van der Waals surface area contributed by atoms with Gasteiger partial charge in [-0.05, 0) is 53.3 Å². The summed E-state index contributed by atoms with van der Waals surface area (Å²) in [6, 6.07) is 8.35. The Morgan fingerprint density at radius 2 is 2.11 bits per heavy atom. The van der Waals surface area contributed by atoms with Crippen molar-refractivity contribution in [2.75, 3.05) is 0 Å². The van der Waals surface area contributed by atoms with Gasteiger partial charge in [0.15, 0.2) is 0 Å². The van der Waals surface area contributed by atoms with Crippen molar-refractivity contribution in [2.45, 2.75) is 13.0 Å². The van der Waals surface area contributed by atoms with Crippen molar-refractivity contribution in [3.8, 4) is 0 Å². The number of benzene rings is 1. The highest BCUT2D eigenvalue weighted by molar-refractivity contribution is 7.17. The van der Waals surface area contributed by atoms with Gasteiger partial charge in [0.25, 0.3) is 0 Å². The highest BCUT2D eigenvalue weighted by Crippen LogP contribution is 2.27. The van der Waals surface area contributed by atoms with Gasteiger partial charge < -0.3 is 5.73 Å². The summed E-state index contributed by atoms with van der Waals surface area (Å²) in [7, 11) is 0. The number of rotatable bonds is 2. The van der Waals surface area contributed by atoms with Crippen molar-refractivity contribution >= 4 is 21.6 Å². The summed E-state index contributed by atoms with van der Waals surface area (Å²) in [6.45, 7) is 1.94. The number of aryl methyl sites for hydroxylation is 1. The van der Waals surface area contributed by atoms with Gasteiger partial charge in [-0.15, -0.1) is 11.3 Å². The number of hydrogen-bond acceptors (Lipinski definition) is 3. The van der Waals surface area contributed by atoms with Crippen molar-refractivity contribution in [3.63, 3.8) is 0 Å². The van der Waals surface area contributed by atoms with Gasteiger partial charge in [0.1, 0.15) is 5.82 Å². The van der Waals surface area contributed by atoms with E-state index in [-0.39, 0.29) is 11.9 Å². The number of thiophene rings is 1. The molecule has 2 aromatic heterocycles. The first-order valence-corrected chi connectivity index (χ1v) is 6.88. The van der Waals surface area contributed by atoms with Gasteiger partial charge in [-0.3, -0.25) is 4.98 Å². The van der Waals surface area contributed by atoms with Gasteiger partial charge in [-0.1, -0.05) is 6.07 Å². The van der Waals surface area contributed by atoms with E-state index < -0.39 is 0 Å². The van der Waals surface area contributed by atoms with E-state index in [9.17, 15) is 4.39 Å². The second kappa shape index (κ2) is 4.72. The Bertz CT molecular complexity index is 736. The predicted molar refractivity (Wildman–Crippen MR) is 76.8 cm³/mol. The maximum atomic E-state index is 13.4. The van der Waals surface area contributed by atoms with Crippen LogP contribution in [0.15, 0.2) is 41.9 Å². The molecule has 0 aliphatic rings. The number of pyridine rings is 1. The van der Waals surface area contributed by atoms with Crippen molar-refractivity contribution in [2.24, 2.45) is 5.73 Å². The van der Waals surface area contributed by atoms with Crippen LogP contribution < -0.4 is 5.73 Å². The minimum atomic E-state index is -0.352. The summed E-state index contributed by atoms with van der Waals surface area (Å²) in [4.78, 5) is 4.38. The Morgan fingerprint density at radius 3 is 2.95 bits per heavy atom. The van der Waals surface area contributed by atoms with Crippen LogP contribution in [0.1, 0.15) is 22.7 Å². The van der Waals surface area contributed by atoms with Crippen molar-refractivity contribution in [3.05, 3.63) is 64.4 Å². The summed E-state index contributed by atoms with van der Waals surface area (Å²) in [6.07, 6.45) is 1.77. The molecule has 0 amide bonds. The normalized spacial score (nSPS) is 12.8. The first-order valence-electron chi connectivity index (χ1n) is 6.00. The Labute approximate surface area is 114 Å². The van der Waals surface area contributed by atoms with Gasteiger partial charge in [-0.25, -0.2) is 4.39 Å². The molecule has 2 N–H and O–H groups in total. The van der Waals surface area contributed by atoms with E-state index in [0.29, 0.717) is 0 Å². The molecule has 0 bridgehead atoms. The topological polar surface area (TPSA) is 38.9 Å². The fraction of sp³-hybridized carbons (Fsp3) is 0.133. The minimum absolute atomic E-state index is 0.263. The summed E-state index contributed by atoms with van der Waals surface area (Å²) in [5.41, 5.74) is 9.91. The predicted octanol–water partition coefficient (Wildman–Crippen LogP) is 3.79. The zero-order chi connectivity index (χ0) is 13.4. The number of halogens is 1. The SMILES string of the molecule is Cc1ccc(F)cc1C(N)c1cnc2ccsc2c1. The molecule has 3 aromatic rings. The molecular formula is C15H13FN2S. The molecule has 1 unspecified atom stereocenters. The van der Waals surface area contributed by atoms with Crippen LogP contribution >= 0.6 is 11.3 Å². The van der Waals surface area contributed by atoms with Gasteiger partial charge >= 0.3 is 0 Å². The van der Waals surface area contributed by atoms with Gasteiger partial charge in [-0.2, -0.15) is 0 Å². The highest BCUT2D eigenvalue weighted by atomic mass is 32.1. The monoisotopic (exact) mass is 272 g/mol. The molecule has 0 saturated carbocycles. The third-order valence-corrected chi connectivity index (χ3v) is 4.11.